The fourth-order valence-corrected chi connectivity index (χ4v) is 2.33. The summed E-state index contributed by atoms with van der Waals surface area (Å²) in [4.78, 5) is 0. The Kier molecular flexibility index (Phi) is 3.08. The van der Waals surface area contributed by atoms with Crippen LogP contribution in [0.5, 0.6) is 5.75 Å². The van der Waals surface area contributed by atoms with E-state index < -0.39 is 0 Å². The van der Waals surface area contributed by atoms with Crippen LogP contribution in [0, 0.1) is 0 Å². The summed E-state index contributed by atoms with van der Waals surface area (Å²) in [6.07, 6.45) is 1.06. The summed E-state index contributed by atoms with van der Waals surface area (Å²) in [7, 11) is 0. The van der Waals surface area contributed by atoms with Gasteiger partial charge in [0.2, 0.25) is 0 Å². The quantitative estimate of drug-likeness (QED) is 0.877. The predicted molar refractivity (Wildman–Crippen MR) is 60.8 cm³/mol. The number of halogens is 1. The normalized spacial score (nSPS) is 20.0. The van der Waals surface area contributed by atoms with Gasteiger partial charge < -0.3 is 10.1 Å². The van der Waals surface area contributed by atoms with Crippen molar-refractivity contribution in [2.45, 2.75) is 19.4 Å². The second kappa shape index (κ2) is 4.32. The van der Waals surface area contributed by atoms with Gasteiger partial charge in [0.05, 0.1) is 4.47 Å². The molecule has 14 heavy (non-hydrogen) atoms. The first-order valence-electron chi connectivity index (χ1n) is 4.95. The van der Waals surface area contributed by atoms with Gasteiger partial charge in [-0.25, -0.2) is 0 Å². The van der Waals surface area contributed by atoms with E-state index in [4.69, 9.17) is 4.74 Å². The number of rotatable bonds is 2. The molecule has 1 aromatic rings. The molecular weight excluding hydrogens is 242 g/mol. The molecule has 0 aliphatic carbocycles. The first kappa shape index (κ1) is 9.99. The lowest BCUT2D eigenvalue weighted by molar-refractivity contribution is 0.239. The second-order valence-corrected chi connectivity index (χ2v) is 4.35. The molecule has 1 aliphatic rings. The molecule has 1 unspecified atom stereocenters. The molecule has 2 nitrogen and oxygen atoms in total. The third-order valence-electron chi connectivity index (χ3n) is 2.44. The summed E-state index contributed by atoms with van der Waals surface area (Å²) < 4.78 is 6.77. The molecule has 0 bridgehead atoms. The molecule has 1 aliphatic heterocycles. The fraction of sp³-hybridized carbons (Fsp3) is 0.455. The minimum atomic E-state index is 0.460. The SMILES string of the molecule is CCNC1COc2c(Br)cccc2C1. The lowest BCUT2D eigenvalue weighted by atomic mass is 10.0. The largest absolute Gasteiger partial charge is 0.490 e. The number of likely N-dealkylation sites (N-methyl/N-ethyl adjacent to an activating group) is 1. The molecule has 0 saturated heterocycles. The lowest BCUT2D eigenvalue weighted by Crippen LogP contribution is -2.39. The van der Waals surface area contributed by atoms with Crippen LogP contribution in [0.3, 0.4) is 0 Å². The zero-order valence-electron chi connectivity index (χ0n) is 8.22. The van der Waals surface area contributed by atoms with Crippen molar-refractivity contribution in [3.63, 3.8) is 0 Å². The second-order valence-electron chi connectivity index (χ2n) is 3.50. The molecule has 76 valence electrons. The van der Waals surface area contributed by atoms with Crippen LogP contribution in [0.2, 0.25) is 0 Å². The van der Waals surface area contributed by atoms with Crippen molar-refractivity contribution in [3.8, 4) is 5.75 Å². The molecule has 1 N–H and O–H groups in total. The van der Waals surface area contributed by atoms with Crippen molar-refractivity contribution in [2.24, 2.45) is 0 Å². The van der Waals surface area contributed by atoms with Crippen LogP contribution in [0.1, 0.15) is 12.5 Å². The zero-order valence-corrected chi connectivity index (χ0v) is 9.80. The lowest BCUT2D eigenvalue weighted by Gasteiger charge is -2.26. The van der Waals surface area contributed by atoms with Gasteiger partial charge in [-0.15, -0.1) is 0 Å². The molecule has 0 fully saturated rings. The maximum Gasteiger partial charge on any atom is 0.136 e. The van der Waals surface area contributed by atoms with Gasteiger partial charge in [-0.2, -0.15) is 0 Å². The minimum Gasteiger partial charge on any atom is -0.490 e. The van der Waals surface area contributed by atoms with E-state index in [0.29, 0.717) is 6.04 Å². The van der Waals surface area contributed by atoms with E-state index in [2.05, 4.69) is 40.3 Å². The molecule has 3 heteroatoms. The summed E-state index contributed by atoms with van der Waals surface area (Å²) in [6.45, 7) is 3.89. The summed E-state index contributed by atoms with van der Waals surface area (Å²) >= 11 is 3.50. The molecule has 1 heterocycles. The summed E-state index contributed by atoms with van der Waals surface area (Å²) in [5, 5.41) is 3.40. The highest BCUT2D eigenvalue weighted by atomic mass is 79.9. The molecule has 1 aromatic carbocycles. The van der Waals surface area contributed by atoms with Crippen molar-refractivity contribution < 1.29 is 4.74 Å². The van der Waals surface area contributed by atoms with Gasteiger partial charge in [-0.1, -0.05) is 19.1 Å². The van der Waals surface area contributed by atoms with E-state index in [0.717, 1.165) is 29.8 Å². The molecule has 0 radical (unpaired) electrons. The molecule has 1 atom stereocenters. The number of fused-ring (bicyclic) bond motifs is 1. The van der Waals surface area contributed by atoms with Crippen LogP contribution in [0.25, 0.3) is 0 Å². The third-order valence-corrected chi connectivity index (χ3v) is 3.06. The van der Waals surface area contributed by atoms with Gasteiger partial charge in [0.15, 0.2) is 0 Å². The Morgan fingerprint density at radius 1 is 1.57 bits per heavy atom. The highest BCUT2D eigenvalue weighted by molar-refractivity contribution is 9.10. The highest BCUT2D eigenvalue weighted by Gasteiger charge is 2.20. The molecule has 0 spiro atoms. The Morgan fingerprint density at radius 2 is 2.43 bits per heavy atom. The van der Waals surface area contributed by atoms with Crippen molar-refractivity contribution in [3.05, 3.63) is 28.2 Å². The number of nitrogens with one attached hydrogen (secondary N) is 1. The van der Waals surface area contributed by atoms with Crippen molar-refractivity contribution in [1.82, 2.24) is 5.32 Å². The Morgan fingerprint density at radius 3 is 3.21 bits per heavy atom. The molecule has 2 rings (SSSR count). The fourth-order valence-electron chi connectivity index (χ4n) is 1.80. The smallest absolute Gasteiger partial charge is 0.136 e. The Hall–Kier alpha value is -0.540. The predicted octanol–water partition coefficient (Wildman–Crippen LogP) is 2.36. The van der Waals surface area contributed by atoms with E-state index >= 15 is 0 Å². The Balaban J connectivity index is 2.18. The van der Waals surface area contributed by atoms with Crippen LogP contribution >= 0.6 is 15.9 Å². The number of benzene rings is 1. The van der Waals surface area contributed by atoms with Crippen LogP contribution < -0.4 is 10.1 Å². The van der Waals surface area contributed by atoms with Gasteiger partial charge >= 0.3 is 0 Å². The maximum absolute atomic E-state index is 5.71. The summed E-state index contributed by atoms with van der Waals surface area (Å²) in [6, 6.07) is 6.66. The number of hydrogen-bond donors (Lipinski definition) is 1. The highest BCUT2D eigenvalue weighted by Crippen LogP contribution is 2.32. The Labute approximate surface area is 92.8 Å². The van der Waals surface area contributed by atoms with E-state index in [1.165, 1.54) is 5.56 Å². The first-order valence-corrected chi connectivity index (χ1v) is 5.74. The standard InChI is InChI=1S/C11H14BrNO/c1-2-13-9-6-8-4-3-5-10(12)11(8)14-7-9/h3-5,9,13H,2,6-7H2,1H3. The van der Waals surface area contributed by atoms with Gasteiger partial charge in [-0.3, -0.25) is 0 Å². The Bertz CT molecular complexity index is 327. The third kappa shape index (κ3) is 1.93. The van der Waals surface area contributed by atoms with Crippen molar-refractivity contribution >= 4 is 15.9 Å². The molecule has 0 saturated carbocycles. The van der Waals surface area contributed by atoms with E-state index in [1.807, 2.05) is 6.07 Å². The van der Waals surface area contributed by atoms with Gasteiger partial charge in [0, 0.05) is 6.04 Å². The van der Waals surface area contributed by atoms with E-state index in [1.54, 1.807) is 0 Å². The summed E-state index contributed by atoms with van der Waals surface area (Å²) in [5.74, 6) is 1.02. The van der Waals surface area contributed by atoms with Crippen LogP contribution in [-0.4, -0.2) is 19.2 Å². The average Bonchev–Trinajstić information content (AvgIpc) is 2.18. The number of ether oxygens (including phenoxy) is 1. The maximum atomic E-state index is 5.71. The number of para-hydroxylation sites is 1. The molecule has 0 amide bonds. The van der Waals surface area contributed by atoms with Crippen molar-refractivity contribution in [1.29, 1.82) is 0 Å². The molecular formula is C11H14BrNO. The monoisotopic (exact) mass is 255 g/mol. The van der Waals surface area contributed by atoms with E-state index in [-0.39, 0.29) is 0 Å². The molecule has 0 aromatic heterocycles. The first-order chi connectivity index (χ1) is 6.81. The van der Waals surface area contributed by atoms with Gasteiger partial charge in [-0.05, 0) is 40.5 Å². The average molecular weight is 256 g/mol. The number of hydrogen-bond acceptors (Lipinski definition) is 2. The van der Waals surface area contributed by atoms with Gasteiger partial charge in [0.25, 0.3) is 0 Å². The van der Waals surface area contributed by atoms with Crippen LogP contribution in [0.15, 0.2) is 22.7 Å². The minimum absolute atomic E-state index is 0.460. The van der Waals surface area contributed by atoms with E-state index in [9.17, 15) is 0 Å². The van der Waals surface area contributed by atoms with Crippen molar-refractivity contribution in [2.75, 3.05) is 13.2 Å². The van der Waals surface area contributed by atoms with Crippen LogP contribution in [-0.2, 0) is 6.42 Å². The van der Waals surface area contributed by atoms with Crippen LogP contribution in [0.4, 0.5) is 0 Å². The topological polar surface area (TPSA) is 21.3 Å². The zero-order chi connectivity index (χ0) is 9.97. The van der Waals surface area contributed by atoms with Gasteiger partial charge in [0.1, 0.15) is 12.4 Å². The summed E-state index contributed by atoms with van der Waals surface area (Å²) in [5.41, 5.74) is 1.29.